The summed E-state index contributed by atoms with van der Waals surface area (Å²) >= 11 is 6.45. The van der Waals surface area contributed by atoms with E-state index in [1.807, 2.05) is 26.0 Å². The van der Waals surface area contributed by atoms with Gasteiger partial charge >= 0.3 is 0 Å². The summed E-state index contributed by atoms with van der Waals surface area (Å²) in [6.07, 6.45) is 11.5. The predicted octanol–water partition coefficient (Wildman–Crippen LogP) is 7.70. The third-order valence-electron chi connectivity index (χ3n) is 8.06. The van der Waals surface area contributed by atoms with Gasteiger partial charge in [-0.3, -0.25) is 9.36 Å². The molecule has 3 aromatic rings. The Bertz CT molecular complexity index is 1270. The second-order valence-electron chi connectivity index (χ2n) is 9.64. The molecule has 1 aliphatic heterocycles. The molecule has 3 aliphatic rings. The number of benzene rings is 2. The Balaban J connectivity index is 0.00000111. The van der Waals surface area contributed by atoms with Crippen molar-refractivity contribution in [3.8, 4) is 5.69 Å². The first kappa shape index (κ1) is 22.4. The van der Waals surface area contributed by atoms with Crippen LogP contribution >= 0.6 is 11.6 Å². The van der Waals surface area contributed by atoms with Crippen LogP contribution in [0.4, 0.5) is 0 Å². The summed E-state index contributed by atoms with van der Waals surface area (Å²) in [6, 6.07) is 12.8. The van der Waals surface area contributed by atoms with Crippen LogP contribution in [0.3, 0.4) is 0 Å². The molecule has 0 bridgehead atoms. The molecule has 4 heteroatoms. The van der Waals surface area contributed by atoms with Crippen molar-refractivity contribution in [2.24, 2.45) is 5.92 Å². The van der Waals surface area contributed by atoms with Crippen LogP contribution in [0.5, 0.6) is 0 Å². The summed E-state index contributed by atoms with van der Waals surface area (Å²) in [5, 5.41) is 1.01. The minimum absolute atomic E-state index is 0.157. The molecule has 1 aromatic heterocycles. The fourth-order valence-electron chi connectivity index (χ4n) is 6.48. The van der Waals surface area contributed by atoms with Crippen molar-refractivity contribution < 1.29 is 0 Å². The highest BCUT2D eigenvalue weighted by Gasteiger charge is 2.46. The number of nitrogens with zero attached hydrogens (tertiary/aromatic N) is 2. The SMILES string of the molecule is C=CC1CCC(c2ccc3c(c2)C2(CCCCC2)c2nc(=O)c4c(Cl)cccc4n2-3)C1.CC. The van der Waals surface area contributed by atoms with Crippen molar-refractivity contribution in [1.29, 1.82) is 0 Å². The van der Waals surface area contributed by atoms with Crippen LogP contribution in [0.25, 0.3) is 16.6 Å². The quantitative estimate of drug-likeness (QED) is 0.367. The second-order valence-corrected chi connectivity index (χ2v) is 10.0. The van der Waals surface area contributed by atoms with Crippen LogP contribution in [0, 0.1) is 5.92 Å². The summed E-state index contributed by atoms with van der Waals surface area (Å²) in [5.41, 5.74) is 4.51. The zero-order valence-electron chi connectivity index (χ0n) is 19.7. The van der Waals surface area contributed by atoms with E-state index in [1.54, 1.807) is 6.07 Å². The first-order chi connectivity index (χ1) is 16.1. The van der Waals surface area contributed by atoms with Crippen molar-refractivity contribution in [3.63, 3.8) is 0 Å². The van der Waals surface area contributed by atoms with Gasteiger partial charge in [0.1, 0.15) is 5.82 Å². The predicted molar refractivity (Wildman–Crippen MR) is 138 cm³/mol. The highest BCUT2D eigenvalue weighted by Crippen LogP contribution is 2.52. The third-order valence-corrected chi connectivity index (χ3v) is 8.37. The molecule has 0 amide bonds. The van der Waals surface area contributed by atoms with Gasteiger partial charge in [-0.15, -0.1) is 6.58 Å². The molecule has 0 N–H and O–H groups in total. The van der Waals surface area contributed by atoms with Crippen LogP contribution < -0.4 is 5.56 Å². The number of hydrogen-bond acceptors (Lipinski definition) is 2. The first-order valence-corrected chi connectivity index (χ1v) is 13.0. The zero-order chi connectivity index (χ0) is 23.2. The molecule has 2 unspecified atom stereocenters. The van der Waals surface area contributed by atoms with Gasteiger partial charge in [0.2, 0.25) is 0 Å². The standard InChI is InChI=1S/C27H27ClN2O.C2H6/c1-2-17-9-10-18(15-17)19-11-12-22-20(16-19)27(13-4-3-5-14-27)26-29-25(31)24-21(28)7-6-8-23(24)30(22)26;1-2/h2,6-8,11-12,16-18H,1,3-5,9-10,13-15H2;1-2H3. The van der Waals surface area contributed by atoms with E-state index in [0.29, 0.717) is 22.2 Å². The van der Waals surface area contributed by atoms with E-state index in [0.717, 1.165) is 24.2 Å². The number of allylic oxidation sites excluding steroid dienone is 1. The number of aromatic nitrogens is 2. The molecule has 1 spiro atoms. The minimum Gasteiger partial charge on any atom is -0.296 e. The average molecular weight is 461 g/mol. The Hall–Kier alpha value is -2.39. The Morgan fingerprint density at radius 1 is 1.12 bits per heavy atom. The molecule has 2 aromatic carbocycles. The summed E-state index contributed by atoms with van der Waals surface area (Å²) < 4.78 is 2.23. The van der Waals surface area contributed by atoms with E-state index in [4.69, 9.17) is 16.6 Å². The average Bonchev–Trinajstić information content (AvgIpc) is 3.43. The lowest BCUT2D eigenvalue weighted by Gasteiger charge is -2.34. The molecule has 2 heterocycles. The van der Waals surface area contributed by atoms with E-state index >= 15 is 0 Å². The molecule has 0 radical (unpaired) electrons. The van der Waals surface area contributed by atoms with Gasteiger partial charge in [0.15, 0.2) is 0 Å². The fraction of sp³-hybridized carbons (Fsp3) is 0.448. The molecule has 33 heavy (non-hydrogen) atoms. The molecule has 6 rings (SSSR count). The summed E-state index contributed by atoms with van der Waals surface area (Å²) in [4.78, 5) is 17.8. The Kier molecular flexibility index (Phi) is 5.95. The third kappa shape index (κ3) is 3.39. The first-order valence-electron chi connectivity index (χ1n) is 12.6. The second kappa shape index (κ2) is 8.76. The fourth-order valence-corrected chi connectivity index (χ4v) is 6.73. The van der Waals surface area contributed by atoms with Gasteiger partial charge in [0, 0.05) is 0 Å². The van der Waals surface area contributed by atoms with E-state index < -0.39 is 0 Å². The van der Waals surface area contributed by atoms with E-state index in [9.17, 15) is 4.79 Å². The Morgan fingerprint density at radius 3 is 2.64 bits per heavy atom. The van der Waals surface area contributed by atoms with Crippen molar-refractivity contribution in [1.82, 2.24) is 9.55 Å². The van der Waals surface area contributed by atoms with Crippen molar-refractivity contribution >= 4 is 22.5 Å². The highest BCUT2D eigenvalue weighted by atomic mass is 35.5. The van der Waals surface area contributed by atoms with Crippen LogP contribution in [0.15, 0.2) is 53.8 Å². The lowest BCUT2D eigenvalue weighted by atomic mass is 9.69. The van der Waals surface area contributed by atoms with Crippen LogP contribution in [-0.4, -0.2) is 9.55 Å². The van der Waals surface area contributed by atoms with Gasteiger partial charge in [-0.05, 0) is 73.3 Å². The smallest absolute Gasteiger partial charge is 0.282 e. The number of hydrogen-bond donors (Lipinski definition) is 0. The molecule has 2 saturated carbocycles. The largest absolute Gasteiger partial charge is 0.296 e. The van der Waals surface area contributed by atoms with Gasteiger partial charge in [-0.25, -0.2) is 0 Å². The monoisotopic (exact) mass is 460 g/mol. The number of rotatable bonds is 2. The number of halogens is 1. The molecular formula is C29H33ClN2O. The number of fused-ring (bicyclic) bond motifs is 7. The Labute approximate surface area is 201 Å². The molecule has 0 saturated heterocycles. The maximum atomic E-state index is 13.1. The van der Waals surface area contributed by atoms with Gasteiger partial charge in [-0.1, -0.05) is 69.0 Å². The van der Waals surface area contributed by atoms with Gasteiger partial charge in [0.05, 0.1) is 27.0 Å². The lowest BCUT2D eigenvalue weighted by molar-refractivity contribution is 0.338. The maximum absolute atomic E-state index is 13.1. The van der Waals surface area contributed by atoms with E-state index in [1.165, 1.54) is 55.3 Å². The van der Waals surface area contributed by atoms with Gasteiger partial charge in [0.25, 0.3) is 5.56 Å². The topological polar surface area (TPSA) is 34.9 Å². The molecule has 2 atom stereocenters. The molecule has 172 valence electrons. The molecule has 2 aliphatic carbocycles. The lowest BCUT2D eigenvalue weighted by Crippen LogP contribution is -2.32. The van der Waals surface area contributed by atoms with Crippen LogP contribution in [0.2, 0.25) is 5.02 Å². The van der Waals surface area contributed by atoms with Gasteiger partial charge < -0.3 is 0 Å². The highest BCUT2D eigenvalue weighted by molar-refractivity contribution is 6.35. The zero-order valence-corrected chi connectivity index (χ0v) is 20.5. The summed E-state index contributed by atoms with van der Waals surface area (Å²) in [6.45, 7) is 8.02. The molecular weight excluding hydrogens is 428 g/mol. The Morgan fingerprint density at radius 2 is 1.91 bits per heavy atom. The molecule has 2 fully saturated rings. The van der Waals surface area contributed by atoms with Gasteiger partial charge in [-0.2, -0.15) is 4.98 Å². The van der Waals surface area contributed by atoms with Crippen LogP contribution in [-0.2, 0) is 5.41 Å². The van der Waals surface area contributed by atoms with E-state index in [2.05, 4.69) is 35.4 Å². The van der Waals surface area contributed by atoms with Crippen molar-refractivity contribution in [2.75, 3.05) is 0 Å². The van der Waals surface area contributed by atoms with Crippen molar-refractivity contribution in [2.45, 2.75) is 76.5 Å². The van der Waals surface area contributed by atoms with E-state index in [-0.39, 0.29) is 11.0 Å². The van der Waals surface area contributed by atoms with Crippen molar-refractivity contribution in [3.05, 3.63) is 81.4 Å². The summed E-state index contributed by atoms with van der Waals surface area (Å²) in [5.74, 6) is 2.15. The minimum atomic E-state index is -0.200. The normalized spacial score (nSPS) is 22.5. The van der Waals surface area contributed by atoms with Crippen LogP contribution in [0.1, 0.15) is 88.1 Å². The molecule has 3 nitrogen and oxygen atoms in total. The summed E-state index contributed by atoms with van der Waals surface area (Å²) in [7, 11) is 0. The maximum Gasteiger partial charge on any atom is 0.282 e.